The molecule has 0 saturated carbocycles. The number of aliphatic imine (C=N–C) groups is 1. The summed E-state index contributed by atoms with van der Waals surface area (Å²) in [7, 11) is 0. The van der Waals surface area contributed by atoms with Crippen molar-refractivity contribution in [1.29, 1.82) is 0 Å². The summed E-state index contributed by atoms with van der Waals surface area (Å²) in [5.74, 6) is 0.195. The number of amides is 2. The van der Waals surface area contributed by atoms with Crippen LogP contribution in [0.15, 0.2) is 29.3 Å². The molecule has 2 heterocycles. The zero-order chi connectivity index (χ0) is 16.4. The molecule has 7 heteroatoms. The maximum Gasteiger partial charge on any atom is 0.251 e. The first-order valence-electron chi connectivity index (χ1n) is 7.70. The molecule has 2 aliphatic rings. The van der Waals surface area contributed by atoms with Gasteiger partial charge in [0.25, 0.3) is 5.91 Å². The predicted octanol–water partition coefficient (Wildman–Crippen LogP) is 0.934. The zero-order valence-electron chi connectivity index (χ0n) is 12.7. The van der Waals surface area contributed by atoms with Crippen molar-refractivity contribution < 1.29 is 9.59 Å². The summed E-state index contributed by atoms with van der Waals surface area (Å²) in [6.07, 6.45) is 1.95. The van der Waals surface area contributed by atoms with Gasteiger partial charge in [-0.15, -0.1) is 0 Å². The summed E-state index contributed by atoms with van der Waals surface area (Å²) < 4.78 is 0. The minimum atomic E-state index is -0.417. The molecular formula is C16H19ClN4O2. The Kier molecular flexibility index (Phi) is 4.52. The van der Waals surface area contributed by atoms with Gasteiger partial charge in [0, 0.05) is 30.5 Å². The molecule has 3 rings (SSSR count). The lowest BCUT2D eigenvalue weighted by molar-refractivity contribution is -0.123. The van der Waals surface area contributed by atoms with Gasteiger partial charge in [-0.1, -0.05) is 23.7 Å². The fourth-order valence-electron chi connectivity index (χ4n) is 2.95. The Bertz CT molecular complexity index is 636. The summed E-state index contributed by atoms with van der Waals surface area (Å²) in [5, 5.41) is 3.52. The number of likely N-dealkylation sites (tertiary alicyclic amines) is 1. The van der Waals surface area contributed by atoms with Crippen LogP contribution in [-0.2, 0) is 16.0 Å². The van der Waals surface area contributed by atoms with Crippen LogP contribution in [-0.4, -0.2) is 41.8 Å². The lowest BCUT2D eigenvalue weighted by Crippen LogP contribution is -2.46. The predicted molar refractivity (Wildman–Crippen MR) is 88.0 cm³/mol. The Balaban J connectivity index is 1.62. The van der Waals surface area contributed by atoms with E-state index in [1.165, 1.54) is 0 Å². The molecule has 3 N–H and O–H groups in total. The first kappa shape index (κ1) is 15.8. The van der Waals surface area contributed by atoms with E-state index in [-0.39, 0.29) is 17.7 Å². The van der Waals surface area contributed by atoms with E-state index >= 15 is 0 Å². The van der Waals surface area contributed by atoms with Crippen LogP contribution in [0.3, 0.4) is 0 Å². The second kappa shape index (κ2) is 6.58. The molecule has 0 radical (unpaired) electrons. The molecule has 0 spiro atoms. The van der Waals surface area contributed by atoms with Crippen LogP contribution in [0.2, 0.25) is 5.02 Å². The van der Waals surface area contributed by atoms with Gasteiger partial charge in [0.1, 0.15) is 6.04 Å². The highest BCUT2D eigenvalue weighted by atomic mass is 35.5. The normalized spacial score (nSPS) is 22.0. The topological polar surface area (TPSA) is 87.8 Å². The van der Waals surface area contributed by atoms with E-state index in [1.54, 1.807) is 0 Å². The Labute approximate surface area is 139 Å². The van der Waals surface area contributed by atoms with E-state index in [0.717, 1.165) is 5.56 Å². The largest absolute Gasteiger partial charge is 0.369 e. The zero-order valence-corrected chi connectivity index (χ0v) is 13.4. The van der Waals surface area contributed by atoms with Crippen molar-refractivity contribution in [3.63, 3.8) is 0 Å². The van der Waals surface area contributed by atoms with Crippen molar-refractivity contribution in [2.75, 3.05) is 13.1 Å². The second-order valence-corrected chi connectivity index (χ2v) is 6.39. The number of benzene rings is 1. The first-order valence-corrected chi connectivity index (χ1v) is 8.08. The number of guanidine groups is 1. The summed E-state index contributed by atoms with van der Waals surface area (Å²) >= 11 is 5.87. The van der Waals surface area contributed by atoms with Crippen molar-refractivity contribution in [3.05, 3.63) is 34.9 Å². The molecule has 1 fully saturated rings. The molecule has 0 aliphatic carbocycles. The number of rotatable bonds is 3. The Hall–Kier alpha value is -2.08. The molecule has 23 heavy (non-hydrogen) atoms. The first-order chi connectivity index (χ1) is 11.0. The van der Waals surface area contributed by atoms with Gasteiger partial charge in [-0.05, 0) is 30.5 Å². The van der Waals surface area contributed by atoms with Gasteiger partial charge in [0.05, 0.1) is 0 Å². The summed E-state index contributed by atoms with van der Waals surface area (Å²) in [5.41, 5.74) is 6.36. The third kappa shape index (κ3) is 3.64. The van der Waals surface area contributed by atoms with Gasteiger partial charge in [-0.25, -0.2) is 4.99 Å². The Morgan fingerprint density at radius 1 is 1.30 bits per heavy atom. The van der Waals surface area contributed by atoms with E-state index in [9.17, 15) is 9.59 Å². The maximum atomic E-state index is 12.1. The molecule has 6 nitrogen and oxygen atoms in total. The van der Waals surface area contributed by atoms with Crippen LogP contribution in [0.1, 0.15) is 18.4 Å². The summed E-state index contributed by atoms with van der Waals surface area (Å²) in [6, 6.07) is 7.01. The van der Waals surface area contributed by atoms with Crippen LogP contribution < -0.4 is 11.1 Å². The molecule has 0 aromatic heterocycles. The number of nitrogens with two attached hydrogens (primary N) is 1. The van der Waals surface area contributed by atoms with E-state index < -0.39 is 6.04 Å². The SMILES string of the molecule is NC(=O)C1CCN(C2=NC(Cc3ccc(Cl)cc3)C(=O)N2)CC1. The molecule has 1 atom stereocenters. The standard InChI is InChI=1S/C16H19ClN4O2/c17-12-3-1-10(2-4-12)9-13-15(23)20-16(19-13)21-7-5-11(6-8-21)14(18)22/h1-4,11,13H,5-9H2,(H2,18,22)(H,19,20,23). The van der Waals surface area contributed by atoms with E-state index in [0.29, 0.717) is 43.3 Å². The van der Waals surface area contributed by atoms with Gasteiger partial charge in [0.2, 0.25) is 11.9 Å². The molecular weight excluding hydrogens is 316 g/mol. The number of nitrogens with one attached hydrogen (secondary N) is 1. The van der Waals surface area contributed by atoms with Crippen molar-refractivity contribution in [3.8, 4) is 0 Å². The second-order valence-electron chi connectivity index (χ2n) is 5.95. The Morgan fingerprint density at radius 3 is 2.57 bits per heavy atom. The fourth-order valence-corrected chi connectivity index (χ4v) is 3.08. The van der Waals surface area contributed by atoms with E-state index in [2.05, 4.69) is 10.3 Å². The molecule has 1 saturated heterocycles. The number of carbonyl (C=O) groups is 2. The van der Waals surface area contributed by atoms with E-state index in [1.807, 2.05) is 29.2 Å². The number of piperidine rings is 1. The van der Waals surface area contributed by atoms with Crippen molar-refractivity contribution in [1.82, 2.24) is 10.2 Å². The molecule has 2 aliphatic heterocycles. The third-order valence-corrected chi connectivity index (χ3v) is 4.61. The van der Waals surface area contributed by atoms with Crippen LogP contribution >= 0.6 is 11.6 Å². The number of hydrogen-bond donors (Lipinski definition) is 2. The van der Waals surface area contributed by atoms with Crippen LogP contribution in [0.4, 0.5) is 0 Å². The molecule has 0 bridgehead atoms. The minimum Gasteiger partial charge on any atom is -0.369 e. The van der Waals surface area contributed by atoms with Gasteiger partial charge in [-0.3, -0.25) is 14.9 Å². The van der Waals surface area contributed by atoms with Crippen LogP contribution in [0.5, 0.6) is 0 Å². The number of carbonyl (C=O) groups excluding carboxylic acids is 2. The number of primary amides is 1. The van der Waals surface area contributed by atoms with Gasteiger partial charge in [0.15, 0.2) is 0 Å². The average molecular weight is 335 g/mol. The van der Waals surface area contributed by atoms with Crippen LogP contribution in [0.25, 0.3) is 0 Å². The highest BCUT2D eigenvalue weighted by Crippen LogP contribution is 2.19. The van der Waals surface area contributed by atoms with Crippen LogP contribution in [0, 0.1) is 5.92 Å². The monoisotopic (exact) mass is 334 g/mol. The molecule has 1 unspecified atom stereocenters. The van der Waals surface area contributed by atoms with Crippen molar-refractivity contribution in [2.45, 2.75) is 25.3 Å². The van der Waals surface area contributed by atoms with Gasteiger partial charge in [-0.2, -0.15) is 0 Å². The molecule has 1 aromatic carbocycles. The summed E-state index contributed by atoms with van der Waals surface area (Å²) in [4.78, 5) is 29.9. The number of hydrogen-bond acceptors (Lipinski definition) is 4. The maximum absolute atomic E-state index is 12.1. The van der Waals surface area contributed by atoms with Gasteiger partial charge < -0.3 is 10.6 Å². The lowest BCUT2D eigenvalue weighted by Gasteiger charge is -2.31. The quantitative estimate of drug-likeness (QED) is 0.862. The average Bonchev–Trinajstić information content (AvgIpc) is 2.91. The minimum absolute atomic E-state index is 0.0752. The van der Waals surface area contributed by atoms with Crippen molar-refractivity contribution in [2.24, 2.45) is 16.6 Å². The third-order valence-electron chi connectivity index (χ3n) is 4.35. The van der Waals surface area contributed by atoms with E-state index in [4.69, 9.17) is 17.3 Å². The number of nitrogens with zero attached hydrogens (tertiary/aromatic N) is 2. The molecule has 1 aromatic rings. The lowest BCUT2D eigenvalue weighted by atomic mass is 9.96. The highest BCUT2D eigenvalue weighted by Gasteiger charge is 2.32. The smallest absolute Gasteiger partial charge is 0.251 e. The van der Waals surface area contributed by atoms with Gasteiger partial charge >= 0.3 is 0 Å². The fraction of sp³-hybridized carbons (Fsp3) is 0.438. The summed E-state index contributed by atoms with van der Waals surface area (Å²) in [6.45, 7) is 1.36. The molecule has 2 amide bonds. The Morgan fingerprint density at radius 2 is 1.96 bits per heavy atom. The number of halogens is 1. The molecule has 122 valence electrons. The van der Waals surface area contributed by atoms with Crippen molar-refractivity contribution >= 4 is 29.4 Å². The highest BCUT2D eigenvalue weighted by molar-refractivity contribution is 6.30.